The third kappa shape index (κ3) is 4.31. The molecule has 1 aromatic rings. The van der Waals surface area contributed by atoms with Gasteiger partial charge in [-0.2, -0.15) is 0 Å². The van der Waals surface area contributed by atoms with Gasteiger partial charge in [-0.3, -0.25) is 4.79 Å². The van der Waals surface area contributed by atoms with E-state index in [1.807, 2.05) is 31.2 Å². The summed E-state index contributed by atoms with van der Waals surface area (Å²) in [6.07, 6.45) is 2.66. The van der Waals surface area contributed by atoms with E-state index in [9.17, 15) is 14.7 Å². The summed E-state index contributed by atoms with van der Waals surface area (Å²) in [6.45, 7) is 3.10. The molecule has 0 aromatic heterocycles. The standard InChI is InChI=1S/C17H23NO4/c1-2-12-6-3-4-7-13(12)10-15(19)18-16(17(20)21)14-8-5-9-22-11-14/h3-4,6-7,14,16H,2,5,8-11H2,1H3,(H,18,19)(H,20,21). The molecule has 2 N–H and O–H groups in total. The van der Waals surface area contributed by atoms with E-state index in [0.717, 1.165) is 30.4 Å². The van der Waals surface area contributed by atoms with E-state index in [4.69, 9.17) is 4.74 Å². The van der Waals surface area contributed by atoms with Crippen molar-refractivity contribution in [3.63, 3.8) is 0 Å². The maximum Gasteiger partial charge on any atom is 0.326 e. The molecule has 1 fully saturated rings. The first-order chi connectivity index (χ1) is 10.6. The minimum absolute atomic E-state index is 0.156. The summed E-state index contributed by atoms with van der Waals surface area (Å²) in [5, 5.41) is 12.0. The van der Waals surface area contributed by atoms with Crippen LogP contribution in [-0.4, -0.2) is 36.2 Å². The van der Waals surface area contributed by atoms with Gasteiger partial charge in [0.15, 0.2) is 0 Å². The lowest BCUT2D eigenvalue weighted by Gasteiger charge is -2.28. The fourth-order valence-electron chi connectivity index (χ4n) is 2.88. The van der Waals surface area contributed by atoms with E-state index in [1.54, 1.807) is 0 Å². The van der Waals surface area contributed by atoms with Crippen molar-refractivity contribution in [2.24, 2.45) is 5.92 Å². The van der Waals surface area contributed by atoms with Gasteiger partial charge in [0.05, 0.1) is 13.0 Å². The van der Waals surface area contributed by atoms with Crippen molar-refractivity contribution in [2.75, 3.05) is 13.2 Å². The predicted molar refractivity (Wildman–Crippen MR) is 82.6 cm³/mol. The largest absolute Gasteiger partial charge is 0.480 e. The number of aliphatic carboxylic acids is 1. The van der Waals surface area contributed by atoms with E-state index >= 15 is 0 Å². The summed E-state index contributed by atoms with van der Waals surface area (Å²) in [4.78, 5) is 23.7. The zero-order valence-electron chi connectivity index (χ0n) is 12.9. The van der Waals surface area contributed by atoms with Crippen LogP contribution in [0.5, 0.6) is 0 Å². The molecule has 2 rings (SSSR count). The van der Waals surface area contributed by atoms with Crippen molar-refractivity contribution >= 4 is 11.9 Å². The molecule has 1 aliphatic heterocycles. The zero-order valence-corrected chi connectivity index (χ0v) is 12.9. The lowest BCUT2D eigenvalue weighted by Crippen LogP contribution is -2.48. The Bertz CT molecular complexity index is 523. The number of nitrogens with one attached hydrogen (secondary N) is 1. The van der Waals surface area contributed by atoms with Gasteiger partial charge in [0.25, 0.3) is 0 Å². The molecule has 1 aliphatic rings. The molecule has 1 heterocycles. The van der Waals surface area contributed by atoms with Crippen molar-refractivity contribution in [3.8, 4) is 0 Å². The van der Waals surface area contributed by atoms with Crippen LogP contribution in [-0.2, 0) is 27.2 Å². The Morgan fingerprint density at radius 3 is 2.68 bits per heavy atom. The van der Waals surface area contributed by atoms with E-state index in [-0.39, 0.29) is 18.2 Å². The first-order valence-corrected chi connectivity index (χ1v) is 7.78. The highest BCUT2D eigenvalue weighted by atomic mass is 16.5. The van der Waals surface area contributed by atoms with Crippen LogP contribution in [0.1, 0.15) is 30.9 Å². The quantitative estimate of drug-likeness (QED) is 0.840. The maximum atomic E-state index is 12.2. The van der Waals surface area contributed by atoms with Crippen molar-refractivity contribution in [1.29, 1.82) is 0 Å². The zero-order chi connectivity index (χ0) is 15.9. The lowest BCUT2D eigenvalue weighted by molar-refractivity contribution is -0.145. The van der Waals surface area contributed by atoms with E-state index in [2.05, 4.69) is 5.32 Å². The molecule has 1 amide bonds. The second-order valence-corrected chi connectivity index (χ2v) is 5.66. The molecule has 1 saturated heterocycles. The number of carbonyl (C=O) groups is 2. The van der Waals surface area contributed by atoms with Crippen LogP contribution in [0, 0.1) is 5.92 Å². The SMILES string of the molecule is CCc1ccccc1CC(=O)NC(C(=O)O)C1CCCOC1. The van der Waals surface area contributed by atoms with Gasteiger partial charge < -0.3 is 15.2 Å². The number of benzene rings is 1. The van der Waals surface area contributed by atoms with Gasteiger partial charge in [0, 0.05) is 12.5 Å². The molecule has 2 unspecified atom stereocenters. The third-order valence-corrected chi connectivity index (χ3v) is 4.10. The molecule has 0 radical (unpaired) electrons. The third-order valence-electron chi connectivity index (χ3n) is 4.10. The first-order valence-electron chi connectivity index (χ1n) is 7.78. The Morgan fingerprint density at radius 1 is 1.36 bits per heavy atom. The Labute approximate surface area is 130 Å². The molecule has 22 heavy (non-hydrogen) atoms. The van der Waals surface area contributed by atoms with Crippen molar-refractivity contribution in [2.45, 2.75) is 38.6 Å². The van der Waals surface area contributed by atoms with Crippen molar-refractivity contribution in [3.05, 3.63) is 35.4 Å². The van der Waals surface area contributed by atoms with E-state index in [1.165, 1.54) is 0 Å². The average Bonchev–Trinajstić information content (AvgIpc) is 2.53. The predicted octanol–water partition coefficient (Wildman–Crippen LogP) is 1.79. The van der Waals surface area contributed by atoms with Gasteiger partial charge in [-0.05, 0) is 30.4 Å². The molecular weight excluding hydrogens is 282 g/mol. The molecule has 5 nitrogen and oxygen atoms in total. The topological polar surface area (TPSA) is 75.6 Å². The minimum Gasteiger partial charge on any atom is -0.480 e. The lowest BCUT2D eigenvalue weighted by atomic mass is 9.93. The van der Waals surface area contributed by atoms with Gasteiger partial charge in [0.2, 0.25) is 5.91 Å². The second kappa shape index (κ2) is 7.94. The fourth-order valence-corrected chi connectivity index (χ4v) is 2.88. The van der Waals surface area contributed by atoms with Gasteiger partial charge in [-0.15, -0.1) is 0 Å². The molecule has 5 heteroatoms. The van der Waals surface area contributed by atoms with Crippen LogP contribution in [0.3, 0.4) is 0 Å². The normalized spacial score (nSPS) is 19.4. The summed E-state index contributed by atoms with van der Waals surface area (Å²) in [5.41, 5.74) is 2.07. The molecule has 0 spiro atoms. The van der Waals surface area contributed by atoms with E-state index in [0.29, 0.717) is 13.2 Å². The molecule has 0 saturated carbocycles. The number of ether oxygens (including phenoxy) is 1. The summed E-state index contributed by atoms with van der Waals surface area (Å²) >= 11 is 0. The number of hydrogen-bond acceptors (Lipinski definition) is 3. The maximum absolute atomic E-state index is 12.2. The van der Waals surface area contributed by atoms with Gasteiger partial charge in [-0.25, -0.2) is 4.79 Å². The highest BCUT2D eigenvalue weighted by molar-refractivity contribution is 5.85. The van der Waals surface area contributed by atoms with Gasteiger partial charge in [-0.1, -0.05) is 31.2 Å². The molecule has 1 aromatic carbocycles. The smallest absolute Gasteiger partial charge is 0.326 e. The van der Waals surface area contributed by atoms with Gasteiger partial charge >= 0.3 is 5.97 Å². The van der Waals surface area contributed by atoms with Crippen LogP contribution in [0.2, 0.25) is 0 Å². The molecule has 2 atom stereocenters. The van der Waals surface area contributed by atoms with Gasteiger partial charge in [0.1, 0.15) is 6.04 Å². The number of amides is 1. The van der Waals surface area contributed by atoms with Crippen LogP contribution >= 0.6 is 0 Å². The monoisotopic (exact) mass is 305 g/mol. The number of carboxylic acids is 1. The number of rotatable bonds is 6. The van der Waals surface area contributed by atoms with Crippen LogP contribution in [0.4, 0.5) is 0 Å². The molecule has 120 valence electrons. The van der Waals surface area contributed by atoms with E-state index < -0.39 is 12.0 Å². The van der Waals surface area contributed by atoms with Crippen molar-refractivity contribution in [1.82, 2.24) is 5.32 Å². The molecule has 0 bridgehead atoms. The number of hydrogen-bond donors (Lipinski definition) is 2. The minimum atomic E-state index is -0.993. The number of aryl methyl sites for hydroxylation is 1. The molecule has 0 aliphatic carbocycles. The second-order valence-electron chi connectivity index (χ2n) is 5.66. The highest BCUT2D eigenvalue weighted by Crippen LogP contribution is 2.18. The molecular formula is C17H23NO4. The number of carbonyl (C=O) groups excluding carboxylic acids is 1. The van der Waals surface area contributed by atoms with Crippen LogP contribution in [0.25, 0.3) is 0 Å². The summed E-state index contributed by atoms with van der Waals surface area (Å²) in [7, 11) is 0. The van der Waals surface area contributed by atoms with Crippen LogP contribution in [0.15, 0.2) is 24.3 Å². The summed E-state index contributed by atoms with van der Waals surface area (Å²) in [5.74, 6) is -1.40. The van der Waals surface area contributed by atoms with Crippen LogP contribution < -0.4 is 5.32 Å². The Hall–Kier alpha value is -1.88. The highest BCUT2D eigenvalue weighted by Gasteiger charge is 2.31. The fraction of sp³-hybridized carbons (Fsp3) is 0.529. The average molecular weight is 305 g/mol. The Kier molecular flexibility index (Phi) is 5.95. The van der Waals surface area contributed by atoms with Crippen molar-refractivity contribution < 1.29 is 19.4 Å². The Balaban J connectivity index is 2.00. The first kappa shape index (κ1) is 16.5. The number of carboxylic acid groups (broad SMARTS) is 1. The summed E-state index contributed by atoms with van der Waals surface area (Å²) < 4.78 is 5.33. The Morgan fingerprint density at radius 2 is 2.09 bits per heavy atom. The summed E-state index contributed by atoms with van der Waals surface area (Å²) in [6, 6.07) is 6.87.